The Kier molecular flexibility index (Phi) is 3.17. The van der Waals surface area contributed by atoms with Crippen LogP contribution in [0.3, 0.4) is 0 Å². The average Bonchev–Trinajstić information content (AvgIpc) is 2.14. The van der Waals surface area contributed by atoms with Gasteiger partial charge in [0, 0.05) is 5.56 Å². The Labute approximate surface area is 87.3 Å². The van der Waals surface area contributed by atoms with Crippen molar-refractivity contribution in [2.75, 3.05) is 0 Å². The molecule has 4 nitrogen and oxygen atoms in total. The number of carbonyl (C=O) groups excluding carboxylic acids is 1. The normalized spacial score (nSPS) is 10.9. The molecule has 1 rings (SSSR count). The van der Waals surface area contributed by atoms with E-state index in [0.29, 0.717) is 6.07 Å². The van der Waals surface area contributed by atoms with Gasteiger partial charge in [-0.25, -0.2) is 4.79 Å². The van der Waals surface area contributed by atoms with Crippen molar-refractivity contribution < 1.29 is 32.6 Å². The molecule has 86 valence electrons. The average molecular weight is 234 g/mol. The van der Waals surface area contributed by atoms with Gasteiger partial charge in [0.2, 0.25) is 0 Å². The van der Waals surface area contributed by atoms with Crippen LogP contribution in [0, 0.1) is 0 Å². The Hall–Kier alpha value is -2.05. The molecule has 7 heteroatoms. The molecular weight excluding hydrogens is 229 g/mol. The van der Waals surface area contributed by atoms with Crippen LogP contribution < -0.4 is 4.74 Å². The van der Waals surface area contributed by atoms with Crippen LogP contribution in [0.25, 0.3) is 0 Å². The van der Waals surface area contributed by atoms with Gasteiger partial charge in [-0.2, -0.15) is 0 Å². The van der Waals surface area contributed by atoms with Gasteiger partial charge < -0.3 is 9.84 Å². The Morgan fingerprint density at radius 2 is 1.94 bits per heavy atom. The van der Waals surface area contributed by atoms with E-state index in [1.165, 1.54) is 0 Å². The van der Waals surface area contributed by atoms with Crippen molar-refractivity contribution in [3.8, 4) is 5.75 Å². The highest BCUT2D eigenvalue weighted by Crippen LogP contribution is 2.24. The van der Waals surface area contributed by atoms with Crippen LogP contribution in [0.15, 0.2) is 18.2 Å². The fourth-order valence-electron chi connectivity index (χ4n) is 1.01. The number of carboxylic acid groups (broad SMARTS) is 1. The molecule has 0 saturated heterocycles. The van der Waals surface area contributed by atoms with E-state index in [1.807, 2.05) is 0 Å². The predicted octanol–water partition coefficient (Wildman–Crippen LogP) is 2.10. The Balaban J connectivity index is 3.14. The van der Waals surface area contributed by atoms with Crippen LogP contribution in [-0.2, 0) is 0 Å². The highest BCUT2D eigenvalue weighted by Gasteiger charge is 2.31. The molecule has 0 radical (unpaired) electrons. The molecule has 0 saturated carbocycles. The lowest BCUT2D eigenvalue weighted by Crippen LogP contribution is -2.17. The molecule has 0 aliphatic rings. The van der Waals surface area contributed by atoms with Gasteiger partial charge in [0.15, 0.2) is 0 Å². The third-order valence-corrected chi connectivity index (χ3v) is 1.55. The van der Waals surface area contributed by atoms with E-state index >= 15 is 0 Å². The number of rotatable bonds is 3. The summed E-state index contributed by atoms with van der Waals surface area (Å²) in [5.74, 6) is -2.19. The summed E-state index contributed by atoms with van der Waals surface area (Å²) < 4.78 is 39.1. The van der Waals surface area contributed by atoms with Gasteiger partial charge in [0.1, 0.15) is 12.0 Å². The highest BCUT2D eigenvalue weighted by molar-refractivity contribution is 5.90. The smallest absolute Gasteiger partial charge is 0.478 e. The van der Waals surface area contributed by atoms with Crippen molar-refractivity contribution in [3.05, 3.63) is 29.3 Å². The lowest BCUT2D eigenvalue weighted by Gasteiger charge is -2.09. The quantitative estimate of drug-likeness (QED) is 0.813. The molecular formula is C9H5F3O4. The number of aromatic carboxylic acids is 1. The number of hydrogen-bond acceptors (Lipinski definition) is 3. The fourth-order valence-corrected chi connectivity index (χ4v) is 1.01. The van der Waals surface area contributed by atoms with E-state index < -0.39 is 23.6 Å². The summed E-state index contributed by atoms with van der Waals surface area (Å²) in [6.07, 6.45) is -4.70. The summed E-state index contributed by atoms with van der Waals surface area (Å²) in [6.45, 7) is 0. The second kappa shape index (κ2) is 4.21. The van der Waals surface area contributed by atoms with E-state index in [-0.39, 0.29) is 11.8 Å². The highest BCUT2D eigenvalue weighted by atomic mass is 19.4. The molecule has 0 aromatic heterocycles. The van der Waals surface area contributed by atoms with Gasteiger partial charge in [-0.3, -0.25) is 4.79 Å². The summed E-state index contributed by atoms with van der Waals surface area (Å²) in [4.78, 5) is 20.9. The summed E-state index contributed by atoms with van der Waals surface area (Å²) >= 11 is 0. The molecule has 0 unspecified atom stereocenters. The van der Waals surface area contributed by atoms with Crippen LogP contribution >= 0.6 is 0 Å². The third-order valence-electron chi connectivity index (χ3n) is 1.55. The third kappa shape index (κ3) is 3.26. The number of alkyl halides is 3. The first-order valence-corrected chi connectivity index (χ1v) is 3.91. The number of carboxylic acids is 1. The van der Waals surface area contributed by atoms with Gasteiger partial charge in [-0.05, 0) is 18.2 Å². The second-order valence-electron chi connectivity index (χ2n) is 2.76. The molecule has 0 aliphatic heterocycles. The monoisotopic (exact) mass is 234 g/mol. The molecule has 1 aromatic rings. The summed E-state index contributed by atoms with van der Waals surface area (Å²) in [5, 5.41) is 8.57. The molecule has 1 aromatic carbocycles. The van der Waals surface area contributed by atoms with Crippen molar-refractivity contribution in [1.29, 1.82) is 0 Å². The Bertz CT molecular complexity index is 425. The number of benzene rings is 1. The second-order valence-corrected chi connectivity index (χ2v) is 2.76. The van der Waals surface area contributed by atoms with E-state index in [0.717, 1.165) is 12.1 Å². The van der Waals surface area contributed by atoms with Gasteiger partial charge in [-0.15, -0.1) is 13.2 Å². The standard InChI is InChI=1S/C9H5F3O4/c10-9(11,12)16-7-2-5(4-13)1-6(3-7)8(14)15/h1-4H,(H,14,15). The first-order valence-electron chi connectivity index (χ1n) is 3.91. The summed E-state index contributed by atoms with van der Waals surface area (Å²) in [6, 6.07) is 2.42. The molecule has 0 bridgehead atoms. The number of aldehydes is 1. The molecule has 0 aliphatic carbocycles. The van der Waals surface area contributed by atoms with Gasteiger partial charge in [0.05, 0.1) is 5.56 Å². The summed E-state index contributed by atoms with van der Waals surface area (Å²) in [5.41, 5.74) is -0.664. The number of carbonyl (C=O) groups is 2. The van der Waals surface area contributed by atoms with Gasteiger partial charge >= 0.3 is 12.3 Å². The maximum absolute atomic E-state index is 11.9. The molecule has 0 heterocycles. The van der Waals surface area contributed by atoms with E-state index in [4.69, 9.17) is 5.11 Å². The maximum atomic E-state index is 11.9. The van der Waals surface area contributed by atoms with E-state index in [9.17, 15) is 22.8 Å². The predicted molar refractivity (Wildman–Crippen MR) is 45.5 cm³/mol. The van der Waals surface area contributed by atoms with Gasteiger partial charge in [-0.1, -0.05) is 0 Å². The zero-order valence-corrected chi connectivity index (χ0v) is 7.62. The van der Waals surface area contributed by atoms with Crippen molar-refractivity contribution in [3.63, 3.8) is 0 Å². The minimum absolute atomic E-state index is 0.209. The first kappa shape index (κ1) is 12.0. The van der Waals surface area contributed by atoms with Crippen LogP contribution in [-0.4, -0.2) is 23.7 Å². The lowest BCUT2D eigenvalue weighted by molar-refractivity contribution is -0.274. The van der Waals surface area contributed by atoms with Crippen molar-refractivity contribution in [1.82, 2.24) is 0 Å². The molecule has 0 amide bonds. The van der Waals surface area contributed by atoms with Crippen LogP contribution in [0.5, 0.6) is 5.75 Å². The van der Waals surface area contributed by atoms with Crippen LogP contribution in [0.2, 0.25) is 0 Å². The molecule has 0 spiro atoms. The molecule has 1 N–H and O–H groups in total. The zero-order chi connectivity index (χ0) is 12.3. The van der Waals surface area contributed by atoms with E-state index in [1.54, 1.807) is 0 Å². The lowest BCUT2D eigenvalue weighted by atomic mass is 10.1. The largest absolute Gasteiger partial charge is 0.573 e. The molecule has 16 heavy (non-hydrogen) atoms. The SMILES string of the molecule is O=Cc1cc(OC(F)(F)F)cc(C(=O)O)c1. The van der Waals surface area contributed by atoms with Crippen molar-refractivity contribution >= 4 is 12.3 Å². The minimum atomic E-state index is -4.93. The first-order chi connectivity index (χ1) is 7.31. The van der Waals surface area contributed by atoms with Gasteiger partial charge in [0.25, 0.3) is 0 Å². The fraction of sp³-hybridized carbons (Fsp3) is 0.111. The van der Waals surface area contributed by atoms with E-state index in [2.05, 4.69) is 4.74 Å². The topological polar surface area (TPSA) is 63.6 Å². The van der Waals surface area contributed by atoms with Crippen LogP contribution in [0.4, 0.5) is 13.2 Å². The van der Waals surface area contributed by atoms with Crippen molar-refractivity contribution in [2.24, 2.45) is 0 Å². The number of halogens is 3. The Morgan fingerprint density at radius 3 is 2.38 bits per heavy atom. The Morgan fingerprint density at radius 1 is 1.31 bits per heavy atom. The number of hydrogen-bond donors (Lipinski definition) is 1. The molecule has 0 fully saturated rings. The minimum Gasteiger partial charge on any atom is -0.478 e. The van der Waals surface area contributed by atoms with Crippen molar-refractivity contribution in [2.45, 2.75) is 6.36 Å². The van der Waals surface area contributed by atoms with Crippen LogP contribution in [0.1, 0.15) is 20.7 Å². The number of ether oxygens (including phenoxy) is 1. The summed E-state index contributed by atoms with van der Waals surface area (Å²) in [7, 11) is 0. The maximum Gasteiger partial charge on any atom is 0.573 e. The molecule has 0 atom stereocenters. The zero-order valence-electron chi connectivity index (χ0n) is 7.62.